The van der Waals surface area contributed by atoms with Crippen molar-refractivity contribution < 1.29 is 22.7 Å². The van der Waals surface area contributed by atoms with Crippen LogP contribution in [0.25, 0.3) is 0 Å². The molecule has 0 saturated heterocycles. The molecule has 29 heavy (non-hydrogen) atoms. The zero-order valence-electron chi connectivity index (χ0n) is 17.5. The summed E-state index contributed by atoms with van der Waals surface area (Å²) in [5, 5.41) is 0. The van der Waals surface area contributed by atoms with Crippen molar-refractivity contribution in [1.82, 2.24) is 4.90 Å². The minimum atomic E-state index is -3.70. The number of benzene rings is 2. The molecule has 1 amide bonds. The van der Waals surface area contributed by atoms with Crippen molar-refractivity contribution >= 4 is 21.6 Å². The number of sulfonamides is 1. The SMILES string of the molecule is CC[C@@H](C(=O)N(C)Cc1ccc(OC)cc1)N(c1cccc(OC)c1)S(C)(=O)=O. The van der Waals surface area contributed by atoms with E-state index in [-0.39, 0.29) is 5.91 Å². The summed E-state index contributed by atoms with van der Waals surface area (Å²) in [6.45, 7) is 2.15. The van der Waals surface area contributed by atoms with Crippen LogP contribution in [0.5, 0.6) is 11.5 Å². The lowest BCUT2D eigenvalue weighted by Gasteiger charge is -2.33. The van der Waals surface area contributed by atoms with Crippen LogP contribution in [0.2, 0.25) is 0 Å². The molecule has 0 unspecified atom stereocenters. The van der Waals surface area contributed by atoms with Crippen molar-refractivity contribution in [3.05, 3.63) is 54.1 Å². The third kappa shape index (κ3) is 5.63. The second-order valence-corrected chi connectivity index (χ2v) is 8.59. The Bertz CT molecular complexity index is 928. The van der Waals surface area contributed by atoms with E-state index in [1.165, 1.54) is 16.3 Å². The van der Waals surface area contributed by atoms with Gasteiger partial charge >= 0.3 is 0 Å². The van der Waals surface area contributed by atoms with E-state index in [1.807, 2.05) is 24.3 Å². The summed E-state index contributed by atoms with van der Waals surface area (Å²) in [6, 6.07) is 13.2. The van der Waals surface area contributed by atoms with Crippen molar-refractivity contribution in [2.75, 3.05) is 31.8 Å². The van der Waals surface area contributed by atoms with Crippen LogP contribution < -0.4 is 13.8 Å². The Kier molecular flexibility index (Phi) is 7.50. The van der Waals surface area contributed by atoms with Gasteiger partial charge in [0.05, 0.1) is 26.2 Å². The average molecular weight is 421 g/mol. The highest BCUT2D eigenvalue weighted by Crippen LogP contribution is 2.27. The Balaban J connectivity index is 2.31. The van der Waals surface area contributed by atoms with Gasteiger partial charge in [-0.25, -0.2) is 8.42 Å². The molecule has 0 saturated carbocycles. The van der Waals surface area contributed by atoms with E-state index in [0.29, 0.717) is 24.4 Å². The summed E-state index contributed by atoms with van der Waals surface area (Å²) in [7, 11) is 1.07. The molecule has 0 radical (unpaired) electrons. The Morgan fingerprint density at radius 3 is 2.17 bits per heavy atom. The molecule has 1 atom stereocenters. The van der Waals surface area contributed by atoms with Gasteiger partial charge in [-0.3, -0.25) is 9.10 Å². The maximum atomic E-state index is 13.2. The lowest BCUT2D eigenvalue weighted by molar-refractivity contribution is -0.131. The van der Waals surface area contributed by atoms with Gasteiger partial charge in [0, 0.05) is 19.7 Å². The van der Waals surface area contributed by atoms with E-state index in [2.05, 4.69) is 0 Å². The maximum absolute atomic E-state index is 13.2. The highest BCUT2D eigenvalue weighted by atomic mass is 32.2. The van der Waals surface area contributed by atoms with Gasteiger partial charge < -0.3 is 14.4 Å². The molecule has 2 aromatic rings. The molecule has 0 N–H and O–H groups in total. The minimum absolute atomic E-state index is 0.281. The Hall–Kier alpha value is -2.74. The average Bonchev–Trinajstić information content (AvgIpc) is 2.71. The number of amides is 1. The van der Waals surface area contributed by atoms with E-state index in [1.54, 1.807) is 45.3 Å². The summed E-state index contributed by atoms with van der Waals surface area (Å²) in [5.74, 6) is 0.969. The predicted molar refractivity (Wildman–Crippen MR) is 114 cm³/mol. The first-order valence-corrected chi connectivity index (χ1v) is 11.1. The highest BCUT2D eigenvalue weighted by Gasteiger charge is 2.33. The third-order valence-electron chi connectivity index (χ3n) is 4.57. The predicted octanol–water partition coefficient (Wildman–Crippen LogP) is 2.91. The minimum Gasteiger partial charge on any atom is -0.497 e. The first-order valence-electron chi connectivity index (χ1n) is 9.22. The number of anilines is 1. The molecule has 0 fully saturated rings. The van der Waals surface area contributed by atoms with Gasteiger partial charge in [-0.1, -0.05) is 25.1 Å². The van der Waals surface area contributed by atoms with Gasteiger partial charge in [0.25, 0.3) is 0 Å². The number of nitrogens with zero attached hydrogens (tertiary/aromatic N) is 2. The highest BCUT2D eigenvalue weighted by molar-refractivity contribution is 7.92. The zero-order valence-corrected chi connectivity index (χ0v) is 18.3. The molecule has 0 heterocycles. The van der Waals surface area contributed by atoms with Gasteiger partial charge in [-0.2, -0.15) is 0 Å². The van der Waals surface area contributed by atoms with Gasteiger partial charge in [0.15, 0.2) is 0 Å². The monoisotopic (exact) mass is 420 g/mol. The molecule has 7 nitrogen and oxygen atoms in total. The maximum Gasteiger partial charge on any atom is 0.246 e. The van der Waals surface area contributed by atoms with Gasteiger partial charge in [0.2, 0.25) is 15.9 Å². The van der Waals surface area contributed by atoms with Crippen molar-refractivity contribution in [2.24, 2.45) is 0 Å². The lowest BCUT2D eigenvalue weighted by atomic mass is 10.1. The van der Waals surface area contributed by atoms with Crippen molar-refractivity contribution in [2.45, 2.75) is 25.9 Å². The number of likely N-dealkylation sites (N-methyl/N-ethyl adjacent to an activating group) is 1. The van der Waals surface area contributed by atoms with Gasteiger partial charge in [-0.05, 0) is 36.2 Å². The molecule has 0 bridgehead atoms. The number of ether oxygens (including phenoxy) is 2. The van der Waals surface area contributed by atoms with Crippen molar-refractivity contribution in [3.8, 4) is 11.5 Å². The summed E-state index contributed by atoms with van der Waals surface area (Å²) >= 11 is 0. The standard InChI is InChI=1S/C21H28N2O5S/c1-6-20(21(24)22(2)15-16-10-12-18(27-3)13-11-16)23(29(5,25)26)17-8-7-9-19(14-17)28-4/h7-14,20H,6,15H2,1-5H3/t20-/m0/s1. The molecule has 158 valence electrons. The van der Waals surface area contributed by atoms with Crippen molar-refractivity contribution in [1.29, 1.82) is 0 Å². The second-order valence-electron chi connectivity index (χ2n) is 6.73. The van der Waals surface area contributed by atoms with Crippen LogP contribution >= 0.6 is 0 Å². The van der Waals surface area contributed by atoms with Crippen LogP contribution in [-0.2, 0) is 21.4 Å². The fourth-order valence-electron chi connectivity index (χ4n) is 3.13. The van der Waals surface area contributed by atoms with E-state index in [9.17, 15) is 13.2 Å². The molecule has 2 rings (SSSR count). The zero-order chi connectivity index (χ0) is 21.6. The first kappa shape index (κ1) is 22.5. The number of methoxy groups -OCH3 is 2. The smallest absolute Gasteiger partial charge is 0.246 e. The fourth-order valence-corrected chi connectivity index (χ4v) is 4.33. The van der Waals surface area contributed by atoms with Gasteiger partial charge in [-0.15, -0.1) is 0 Å². The summed E-state index contributed by atoms with van der Waals surface area (Å²) in [6.07, 6.45) is 1.43. The van der Waals surface area contributed by atoms with Crippen molar-refractivity contribution in [3.63, 3.8) is 0 Å². The Morgan fingerprint density at radius 1 is 1.03 bits per heavy atom. The van der Waals surface area contributed by atoms with Crippen LogP contribution in [-0.4, -0.2) is 52.8 Å². The van der Waals surface area contributed by atoms with E-state index in [0.717, 1.165) is 17.6 Å². The first-order chi connectivity index (χ1) is 13.7. The Labute approximate surface area is 172 Å². The molecule has 8 heteroatoms. The van der Waals surface area contributed by atoms with E-state index >= 15 is 0 Å². The molecule has 0 aliphatic carbocycles. The second kappa shape index (κ2) is 9.65. The molecular weight excluding hydrogens is 392 g/mol. The summed E-state index contributed by atoms with van der Waals surface area (Å²) in [4.78, 5) is 14.7. The number of carbonyl (C=O) groups excluding carboxylic acids is 1. The largest absolute Gasteiger partial charge is 0.497 e. The molecule has 2 aromatic carbocycles. The third-order valence-corrected chi connectivity index (χ3v) is 5.75. The van der Waals surface area contributed by atoms with Gasteiger partial charge in [0.1, 0.15) is 17.5 Å². The fraction of sp³-hybridized carbons (Fsp3) is 0.381. The summed E-state index contributed by atoms with van der Waals surface area (Å²) in [5.41, 5.74) is 1.31. The summed E-state index contributed by atoms with van der Waals surface area (Å²) < 4.78 is 36.7. The van der Waals surface area contributed by atoms with Crippen LogP contribution in [0.4, 0.5) is 5.69 Å². The van der Waals surface area contributed by atoms with Crippen LogP contribution in [0, 0.1) is 0 Å². The number of hydrogen-bond donors (Lipinski definition) is 0. The van der Waals surface area contributed by atoms with Crippen LogP contribution in [0.3, 0.4) is 0 Å². The topological polar surface area (TPSA) is 76.2 Å². The quantitative estimate of drug-likeness (QED) is 0.623. The number of hydrogen-bond acceptors (Lipinski definition) is 5. The van der Waals surface area contributed by atoms with E-state index in [4.69, 9.17) is 9.47 Å². The molecule has 0 spiro atoms. The van der Waals surface area contributed by atoms with Crippen LogP contribution in [0.15, 0.2) is 48.5 Å². The number of rotatable bonds is 9. The Morgan fingerprint density at radius 2 is 1.66 bits per heavy atom. The molecule has 0 aliphatic heterocycles. The van der Waals surface area contributed by atoms with Crippen LogP contribution in [0.1, 0.15) is 18.9 Å². The molecule has 0 aromatic heterocycles. The molecule has 0 aliphatic rings. The number of carbonyl (C=O) groups is 1. The normalized spacial score (nSPS) is 12.2. The van der Waals surface area contributed by atoms with E-state index < -0.39 is 16.1 Å². The molecular formula is C21H28N2O5S. The lowest BCUT2D eigenvalue weighted by Crippen LogP contribution is -2.49.